The minimum absolute atomic E-state index is 0.321. The van der Waals surface area contributed by atoms with Crippen molar-refractivity contribution in [2.24, 2.45) is 0 Å². The number of hydrogen-bond acceptors (Lipinski definition) is 5. The van der Waals surface area contributed by atoms with E-state index in [4.69, 9.17) is 5.11 Å². The number of ether oxygens (including phenoxy) is 1. The van der Waals surface area contributed by atoms with Crippen molar-refractivity contribution in [2.75, 3.05) is 7.11 Å². The number of carboxylic acids is 1. The van der Waals surface area contributed by atoms with Crippen molar-refractivity contribution in [3.8, 4) is 0 Å². The molecule has 0 saturated carbocycles. The highest BCUT2D eigenvalue weighted by Crippen LogP contribution is 2.24. The molecule has 0 aliphatic heterocycles. The van der Waals surface area contributed by atoms with Gasteiger partial charge in [0.2, 0.25) is 0 Å². The minimum atomic E-state index is -1.09. The normalized spacial score (nSPS) is 12.1. The van der Waals surface area contributed by atoms with E-state index in [0.717, 1.165) is 11.3 Å². The monoisotopic (exact) mass is 230 g/mol. The molecule has 0 amide bonds. The highest BCUT2D eigenvalue weighted by Gasteiger charge is 2.16. The average Bonchev–Trinajstić information content (AvgIpc) is 2.64. The molecule has 0 fully saturated rings. The maximum Gasteiger partial charge on any atom is 0.338 e. The smallest absolute Gasteiger partial charge is 0.338 e. The van der Waals surface area contributed by atoms with E-state index in [9.17, 15) is 14.7 Å². The second-order valence-electron chi connectivity index (χ2n) is 2.84. The fraction of sp³-hybridized carbons (Fsp3) is 0.333. The zero-order valence-electron chi connectivity index (χ0n) is 7.97. The standard InChI is InChI=1S/C9H10O5S/c1-14-9(13)5-2-7(15-4-5)6(10)3-8(11)12/h2,4,6,10H,3H2,1H3,(H,11,12)/t6-/m0/s1. The second kappa shape index (κ2) is 4.90. The summed E-state index contributed by atoms with van der Waals surface area (Å²) in [5.41, 5.74) is 0.321. The van der Waals surface area contributed by atoms with E-state index in [-0.39, 0.29) is 6.42 Å². The van der Waals surface area contributed by atoms with Crippen LogP contribution in [0.5, 0.6) is 0 Å². The van der Waals surface area contributed by atoms with Crippen LogP contribution >= 0.6 is 11.3 Å². The Kier molecular flexibility index (Phi) is 3.81. The van der Waals surface area contributed by atoms with Crippen LogP contribution in [0.2, 0.25) is 0 Å². The molecule has 15 heavy (non-hydrogen) atoms. The van der Waals surface area contributed by atoms with Gasteiger partial charge in [-0.15, -0.1) is 11.3 Å². The molecule has 0 radical (unpaired) electrons. The molecule has 82 valence electrons. The number of hydrogen-bond donors (Lipinski definition) is 2. The van der Waals surface area contributed by atoms with Gasteiger partial charge in [-0.05, 0) is 6.07 Å². The van der Waals surface area contributed by atoms with Gasteiger partial charge in [0.15, 0.2) is 0 Å². The first-order chi connectivity index (χ1) is 7.04. The van der Waals surface area contributed by atoms with Gasteiger partial charge in [0.05, 0.1) is 25.2 Å². The summed E-state index contributed by atoms with van der Waals surface area (Å²) in [6.07, 6.45) is -1.45. The van der Waals surface area contributed by atoms with Crippen LogP contribution in [-0.2, 0) is 9.53 Å². The van der Waals surface area contributed by atoms with E-state index >= 15 is 0 Å². The molecule has 6 heteroatoms. The van der Waals surface area contributed by atoms with Crippen LogP contribution in [0, 0.1) is 0 Å². The first kappa shape index (κ1) is 11.7. The number of esters is 1. The molecule has 1 atom stereocenters. The van der Waals surface area contributed by atoms with Crippen LogP contribution in [0.1, 0.15) is 27.8 Å². The van der Waals surface area contributed by atoms with Gasteiger partial charge < -0.3 is 14.9 Å². The van der Waals surface area contributed by atoms with Crippen molar-refractivity contribution in [3.63, 3.8) is 0 Å². The topological polar surface area (TPSA) is 83.8 Å². The third-order valence-electron chi connectivity index (χ3n) is 1.74. The van der Waals surface area contributed by atoms with Crippen LogP contribution in [0.4, 0.5) is 0 Å². The molecular formula is C9H10O5S. The van der Waals surface area contributed by atoms with Gasteiger partial charge >= 0.3 is 11.9 Å². The van der Waals surface area contributed by atoms with Gasteiger partial charge in [-0.2, -0.15) is 0 Å². The molecule has 0 aromatic carbocycles. The van der Waals surface area contributed by atoms with E-state index in [0.29, 0.717) is 10.4 Å². The number of carboxylic acid groups (broad SMARTS) is 1. The zero-order chi connectivity index (χ0) is 11.4. The lowest BCUT2D eigenvalue weighted by atomic mass is 10.2. The molecule has 5 nitrogen and oxygen atoms in total. The number of rotatable bonds is 4. The van der Waals surface area contributed by atoms with E-state index in [1.54, 1.807) is 0 Å². The highest BCUT2D eigenvalue weighted by atomic mass is 32.1. The molecule has 2 N–H and O–H groups in total. The molecule has 0 unspecified atom stereocenters. The van der Waals surface area contributed by atoms with Crippen molar-refractivity contribution < 1.29 is 24.5 Å². The maximum absolute atomic E-state index is 11.1. The third kappa shape index (κ3) is 3.03. The minimum Gasteiger partial charge on any atom is -0.481 e. The number of carbonyl (C=O) groups is 2. The Labute approximate surface area is 89.9 Å². The van der Waals surface area contributed by atoms with Gasteiger partial charge in [-0.3, -0.25) is 4.79 Å². The molecule has 0 spiro atoms. The number of aliphatic hydroxyl groups excluding tert-OH is 1. The van der Waals surface area contributed by atoms with E-state index in [1.807, 2.05) is 0 Å². The van der Waals surface area contributed by atoms with Crippen LogP contribution in [0.15, 0.2) is 11.4 Å². The molecule has 1 aromatic rings. The lowest BCUT2D eigenvalue weighted by Gasteiger charge is -2.03. The van der Waals surface area contributed by atoms with E-state index in [1.165, 1.54) is 18.6 Å². The number of carbonyl (C=O) groups excluding carboxylic acids is 1. The first-order valence-corrected chi connectivity index (χ1v) is 4.99. The summed E-state index contributed by atoms with van der Waals surface area (Å²) < 4.78 is 4.48. The summed E-state index contributed by atoms with van der Waals surface area (Å²) in [6.45, 7) is 0. The predicted molar refractivity (Wildman–Crippen MR) is 52.9 cm³/mol. The molecule has 0 saturated heterocycles. The van der Waals surface area contributed by atoms with Crippen LogP contribution in [0.25, 0.3) is 0 Å². The van der Waals surface area contributed by atoms with Gasteiger partial charge in [0, 0.05) is 10.3 Å². The Morgan fingerprint density at radius 1 is 1.60 bits per heavy atom. The first-order valence-electron chi connectivity index (χ1n) is 4.11. The highest BCUT2D eigenvalue weighted by molar-refractivity contribution is 7.10. The van der Waals surface area contributed by atoms with E-state index in [2.05, 4.69) is 4.74 Å². The fourth-order valence-electron chi connectivity index (χ4n) is 1.02. The molecular weight excluding hydrogens is 220 g/mol. The van der Waals surface area contributed by atoms with Gasteiger partial charge in [0.1, 0.15) is 0 Å². The molecule has 1 aromatic heterocycles. The summed E-state index contributed by atoms with van der Waals surface area (Å²) in [5.74, 6) is -1.59. The van der Waals surface area contributed by atoms with Crippen LogP contribution in [-0.4, -0.2) is 29.3 Å². The van der Waals surface area contributed by atoms with Gasteiger partial charge in [-0.1, -0.05) is 0 Å². The summed E-state index contributed by atoms with van der Waals surface area (Å²) in [6, 6.07) is 1.43. The van der Waals surface area contributed by atoms with Gasteiger partial charge in [-0.25, -0.2) is 4.79 Å². The average molecular weight is 230 g/mol. The summed E-state index contributed by atoms with van der Waals surface area (Å²) in [4.78, 5) is 21.8. The number of aliphatic carboxylic acids is 1. The Balaban J connectivity index is 2.75. The zero-order valence-corrected chi connectivity index (χ0v) is 8.78. The number of aliphatic hydroxyl groups is 1. The Morgan fingerprint density at radius 3 is 2.80 bits per heavy atom. The fourth-order valence-corrected chi connectivity index (χ4v) is 1.88. The lowest BCUT2D eigenvalue weighted by Crippen LogP contribution is -2.04. The lowest BCUT2D eigenvalue weighted by molar-refractivity contribution is -0.139. The van der Waals surface area contributed by atoms with Crippen LogP contribution < -0.4 is 0 Å². The third-order valence-corrected chi connectivity index (χ3v) is 2.77. The summed E-state index contributed by atoms with van der Waals surface area (Å²) >= 11 is 1.13. The van der Waals surface area contributed by atoms with Crippen molar-refractivity contribution in [2.45, 2.75) is 12.5 Å². The molecule has 0 bridgehead atoms. The summed E-state index contributed by atoms with van der Waals surface area (Å²) in [5, 5.41) is 19.4. The van der Waals surface area contributed by atoms with Crippen molar-refractivity contribution in [3.05, 3.63) is 21.9 Å². The SMILES string of the molecule is COC(=O)c1csc([C@@H](O)CC(=O)O)c1. The van der Waals surface area contributed by atoms with Gasteiger partial charge in [0.25, 0.3) is 0 Å². The Hall–Kier alpha value is -1.40. The molecule has 0 aliphatic carbocycles. The summed E-state index contributed by atoms with van der Waals surface area (Å²) in [7, 11) is 1.26. The van der Waals surface area contributed by atoms with Crippen LogP contribution in [0.3, 0.4) is 0 Å². The number of thiophene rings is 1. The van der Waals surface area contributed by atoms with Crippen molar-refractivity contribution in [1.82, 2.24) is 0 Å². The van der Waals surface area contributed by atoms with Crippen molar-refractivity contribution in [1.29, 1.82) is 0 Å². The number of methoxy groups -OCH3 is 1. The molecule has 0 aliphatic rings. The van der Waals surface area contributed by atoms with E-state index < -0.39 is 18.0 Å². The predicted octanol–water partition coefficient (Wildman–Crippen LogP) is 1.04. The maximum atomic E-state index is 11.1. The van der Waals surface area contributed by atoms with Crippen molar-refractivity contribution >= 4 is 23.3 Å². The largest absolute Gasteiger partial charge is 0.481 e. The molecule has 1 heterocycles. The Bertz CT molecular complexity index is 370. The molecule has 1 rings (SSSR count). The second-order valence-corrected chi connectivity index (χ2v) is 3.79. The quantitative estimate of drug-likeness (QED) is 0.755. The Morgan fingerprint density at radius 2 is 2.27 bits per heavy atom.